The largest absolute Gasteiger partial charge is 0.457 e. The number of rotatable bonds is 10. The van der Waals surface area contributed by atoms with E-state index in [1.807, 2.05) is 30.3 Å². The lowest BCUT2D eigenvalue weighted by molar-refractivity contribution is -0.137. The van der Waals surface area contributed by atoms with Gasteiger partial charge in [0.15, 0.2) is 5.78 Å². The third kappa shape index (κ3) is 6.12. The number of carbonyl (C=O) groups is 2. The van der Waals surface area contributed by atoms with Gasteiger partial charge < -0.3 is 35.3 Å². The van der Waals surface area contributed by atoms with Crippen LogP contribution < -0.4 is 15.4 Å². The SMILES string of the molecule is C[C@@H](O)[C@@H](CO)NC(=O)[C@@H]1CC[C@@H](Nc2ncnc3[nH]cc(C(=O)c4ccc(Oc5ccccc5)cc4)c23)CO1. The Kier molecular flexibility index (Phi) is 8.34. The number of anilines is 1. The molecule has 40 heavy (non-hydrogen) atoms. The maximum absolute atomic E-state index is 13.5. The lowest BCUT2D eigenvalue weighted by Crippen LogP contribution is -2.51. The molecule has 0 spiro atoms. The highest BCUT2D eigenvalue weighted by Gasteiger charge is 2.30. The van der Waals surface area contributed by atoms with Gasteiger partial charge in [-0.15, -0.1) is 0 Å². The van der Waals surface area contributed by atoms with E-state index in [9.17, 15) is 19.8 Å². The molecule has 2 aromatic carbocycles. The van der Waals surface area contributed by atoms with E-state index in [4.69, 9.17) is 9.47 Å². The van der Waals surface area contributed by atoms with E-state index >= 15 is 0 Å². The number of ether oxygens (including phenoxy) is 2. The first kappa shape index (κ1) is 27.3. The summed E-state index contributed by atoms with van der Waals surface area (Å²) in [6.45, 7) is 1.37. The fraction of sp³-hybridized carbons (Fsp3) is 0.310. The van der Waals surface area contributed by atoms with Crippen LogP contribution in [-0.4, -0.2) is 74.4 Å². The Bertz CT molecular complexity index is 1450. The van der Waals surface area contributed by atoms with Gasteiger partial charge >= 0.3 is 0 Å². The lowest BCUT2D eigenvalue weighted by atomic mass is 10.0. The average molecular weight is 546 g/mol. The van der Waals surface area contributed by atoms with Crippen molar-refractivity contribution >= 4 is 28.5 Å². The van der Waals surface area contributed by atoms with Gasteiger partial charge in [-0.05, 0) is 56.2 Å². The van der Waals surface area contributed by atoms with Gasteiger partial charge in [0.2, 0.25) is 5.91 Å². The Balaban J connectivity index is 1.26. The number of para-hydroxylation sites is 1. The second kappa shape index (κ2) is 12.2. The number of ketones is 1. The number of nitrogens with one attached hydrogen (secondary N) is 3. The van der Waals surface area contributed by atoms with Crippen molar-refractivity contribution in [1.29, 1.82) is 0 Å². The molecule has 5 N–H and O–H groups in total. The third-order valence-electron chi connectivity index (χ3n) is 6.83. The van der Waals surface area contributed by atoms with Gasteiger partial charge in [-0.25, -0.2) is 9.97 Å². The first-order chi connectivity index (χ1) is 19.4. The predicted molar refractivity (Wildman–Crippen MR) is 147 cm³/mol. The summed E-state index contributed by atoms with van der Waals surface area (Å²) in [7, 11) is 0. The number of amides is 1. The minimum atomic E-state index is -0.883. The van der Waals surface area contributed by atoms with Crippen molar-refractivity contribution in [2.75, 3.05) is 18.5 Å². The molecular formula is C29H31N5O6. The van der Waals surface area contributed by atoms with Crippen LogP contribution in [0.3, 0.4) is 0 Å². The zero-order chi connectivity index (χ0) is 28.1. The Morgan fingerprint density at radius 2 is 1.85 bits per heavy atom. The van der Waals surface area contributed by atoms with Crippen LogP contribution in [0.5, 0.6) is 11.5 Å². The molecule has 0 saturated carbocycles. The van der Waals surface area contributed by atoms with E-state index in [0.29, 0.717) is 52.3 Å². The number of H-pyrrole nitrogens is 1. The molecule has 1 aliphatic rings. The third-order valence-corrected chi connectivity index (χ3v) is 6.83. The number of hydrogen-bond donors (Lipinski definition) is 5. The lowest BCUT2D eigenvalue weighted by Gasteiger charge is -2.30. The van der Waals surface area contributed by atoms with Crippen molar-refractivity contribution in [2.24, 2.45) is 0 Å². The summed E-state index contributed by atoms with van der Waals surface area (Å²) >= 11 is 0. The number of aromatic amines is 1. The molecule has 0 radical (unpaired) electrons. The van der Waals surface area contributed by atoms with Gasteiger partial charge in [0.1, 0.15) is 35.4 Å². The highest BCUT2D eigenvalue weighted by atomic mass is 16.5. The quantitative estimate of drug-likeness (QED) is 0.189. The van der Waals surface area contributed by atoms with Crippen LogP contribution in [0, 0.1) is 0 Å². The Morgan fingerprint density at radius 3 is 2.52 bits per heavy atom. The molecule has 2 aromatic heterocycles. The minimum absolute atomic E-state index is 0.153. The molecule has 0 bridgehead atoms. The van der Waals surface area contributed by atoms with Gasteiger partial charge in [0.05, 0.1) is 42.4 Å². The molecule has 1 aliphatic heterocycles. The predicted octanol–water partition coefficient (Wildman–Crippen LogP) is 2.80. The maximum atomic E-state index is 13.5. The minimum Gasteiger partial charge on any atom is -0.457 e. The Morgan fingerprint density at radius 1 is 1.10 bits per heavy atom. The van der Waals surface area contributed by atoms with E-state index in [2.05, 4.69) is 25.6 Å². The molecule has 0 aliphatic carbocycles. The maximum Gasteiger partial charge on any atom is 0.249 e. The van der Waals surface area contributed by atoms with Gasteiger partial charge in [0, 0.05) is 11.8 Å². The van der Waals surface area contributed by atoms with Crippen LogP contribution in [0.25, 0.3) is 11.0 Å². The molecule has 3 heterocycles. The van der Waals surface area contributed by atoms with Crippen molar-refractivity contribution in [3.63, 3.8) is 0 Å². The summed E-state index contributed by atoms with van der Waals surface area (Å²) in [6, 6.07) is 15.4. The number of nitrogens with zero attached hydrogens (tertiary/aromatic N) is 2. The fourth-order valence-corrected chi connectivity index (χ4v) is 4.57. The van der Waals surface area contributed by atoms with Gasteiger partial charge in [-0.3, -0.25) is 9.59 Å². The smallest absolute Gasteiger partial charge is 0.249 e. The van der Waals surface area contributed by atoms with Crippen molar-refractivity contribution in [2.45, 2.75) is 44.1 Å². The van der Waals surface area contributed by atoms with Gasteiger partial charge in [0.25, 0.3) is 0 Å². The number of fused-ring (bicyclic) bond motifs is 1. The molecule has 1 fully saturated rings. The van der Waals surface area contributed by atoms with Crippen LogP contribution in [-0.2, 0) is 9.53 Å². The van der Waals surface area contributed by atoms with Crippen molar-refractivity contribution in [1.82, 2.24) is 20.3 Å². The fourth-order valence-electron chi connectivity index (χ4n) is 4.57. The molecule has 1 saturated heterocycles. The number of aliphatic hydroxyl groups excluding tert-OH is 2. The van der Waals surface area contributed by atoms with Gasteiger partial charge in [-0.1, -0.05) is 18.2 Å². The molecular weight excluding hydrogens is 514 g/mol. The van der Waals surface area contributed by atoms with Gasteiger partial charge in [-0.2, -0.15) is 0 Å². The molecule has 4 atom stereocenters. The van der Waals surface area contributed by atoms with E-state index in [-0.39, 0.29) is 30.9 Å². The Labute approximate surface area is 230 Å². The number of carbonyl (C=O) groups excluding carboxylic acids is 2. The zero-order valence-electron chi connectivity index (χ0n) is 21.9. The van der Waals surface area contributed by atoms with E-state index < -0.39 is 18.2 Å². The highest BCUT2D eigenvalue weighted by molar-refractivity contribution is 6.18. The van der Waals surface area contributed by atoms with E-state index in [1.165, 1.54) is 13.3 Å². The first-order valence-corrected chi connectivity index (χ1v) is 13.1. The van der Waals surface area contributed by atoms with E-state index in [1.54, 1.807) is 30.5 Å². The van der Waals surface area contributed by atoms with Crippen LogP contribution in [0.1, 0.15) is 35.7 Å². The molecule has 0 unspecified atom stereocenters. The molecule has 5 rings (SSSR count). The number of benzene rings is 2. The number of aromatic nitrogens is 3. The summed E-state index contributed by atoms with van der Waals surface area (Å²) in [4.78, 5) is 37.7. The molecule has 11 heteroatoms. The molecule has 1 amide bonds. The summed E-state index contributed by atoms with van der Waals surface area (Å²) in [5.41, 5.74) is 1.44. The van der Waals surface area contributed by atoms with Crippen LogP contribution >= 0.6 is 0 Å². The summed E-state index contributed by atoms with van der Waals surface area (Å²) in [5.74, 6) is 1.25. The average Bonchev–Trinajstić information content (AvgIpc) is 3.42. The van der Waals surface area contributed by atoms with Crippen molar-refractivity contribution in [3.05, 3.63) is 78.2 Å². The highest BCUT2D eigenvalue weighted by Crippen LogP contribution is 2.29. The monoisotopic (exact) mass is 545 g/mol. The van der Waals surface area contributed by atoms with Crippen LogP contribution in [0.2, 0.25) is 0 Å². The number of hydrogen-bond acceptors (Lipinski definition) is 9. The summed E-state index contributed by atoms with van der Waals surface area (Å²) in [6.07, 6.45) is 2.51. The van der Waals surface area contributed by atoms with Crippen LogP contribution in [0.4, 0.5) is 5.82 Å². The molecule has 4 aromatic rings. The molecule has 208 valence electrons. The topological polar surface area (TPSA) is 159 Å². The van der Waals surface area contributed by atoms with Crippen LogP contribution in [0.15, 0.2) is 67.1 Å². The summed E-state index contributed by atoms with van der Waals surface area (Å²) in [5, 5.41) is 25.5. The first-order valence-electron chi connectivity index (χ1n) is 13.1. The second-order valence-electron chi connectivity index (χ2n) is 9.70. The normalized spacial score (nSPS) is 18.6. The second-order valence-corrected chi connectivity index (χ2v) is 9.70. The number of aliphatic hydroxyl groups is 2. The Hall–Kier alpha value is -4.32. The summed E-state index contributed by atoms with van der Waals surface area (Å²) < 4.78 is 11.6. The van der Waals surface area contributed by atoms with E-state index in [0.717, 1.165) is 0 Å². The van der Waals surface area contributed by atoms with Crippen molar-refractivity contribution < 1.29 is 29.3 Å². The zero-order valence-corrected chi connectivity index (χ0v) is 21.9. The standard InChI is InChI=1S/C29H31N5O6/c1-17(36)23(14-35)34-29(38)24-12-9-19(15-39-24)33-28-25-22(13-30-27(25)31-16-32-28)26(37)18-7-10-21(11-8-18)40-20-5-3-2-4-6-20/h2-8,10-11,13,16-17,19,23-24,35-36H,9,12,14-15H2,1H3,(H,34,38)(H2,30,31,32,33)/t17-,19-,23-,24+/m1/s1. The van der Waals surface area contributed by atoms with Crippen molar-refractivity contribution in [3.8, 4) is 11.5 Å². The molecule has 11 nitrogen and oxygen atoms in total.